The zero-order valence-corrected chi connectivity index (χ0v) is 26.5. The van der Waals surface area contributed by atoms with Gasteiger partial charge in [-0.25, -0.2) is 0 Å². The number of para-hydroxylation sites is 2. The molecule has 0 fully saturated rings. The third-order valence-electron chi connectivity index (χ3n) is 10.7. The van der Waals surface area contributed by atoms with E-state index in [1.165, 1.54) is 66.9 Å². The van der Waals surface area contributed by atoms with E-state index in [0.717, 1.165) is 0 Å². The van der Waals surface area contributed by atoms with Crippen molar-refractivity contribution in [1.82, 2.24) is 0 Å². The van der Waals surface area contributed by atoms with Gasteiger partial charge in [0.15, 0.2) is 0 Å². The van der Waals surface area contributed by atoms with Gasteiger partial charge >= 0.3 is 0 Å². The number of fused-ring (bicyclic) bond motifs is 7. The van der Waals surface area contributed by atoms with Crippen LogP contribution >= 0.6 is 0 Å². The Balaban J connectivity index is 1.03. The number of hydrogen-bond acceptors (Lipinski definition) is 2. The molecule has 48 heavy (non-hydrogen) atoms. The van der Waals surface area contributed by atoms with Gasteiger partial charge in [0.25, 0.3) is 0 Å². The fraction of sp³-hybridized carbons (Fsp3) is 0.0870. The monoisotopic (exact) mass is 614 g/mol. The molecule has 0 saturated heterocycles. The van der Waals surface area contributed by atoms with E-state index in [1.807, 2.05) is 0 Å². The molecule has 0 N–H and O–H groups in total. The molecule has 228 valence electrons. The Labute approximate surface area is 281 Å². The second-order valence-electron chi connectivity index (χ2n) is 13.3. The SMILES string of the molecule is C1=CC2c3ccccc3N(c3ccc(-c4ccccc4)cc3)C2C=C1C1=CC2C(C=C1)c1ccccc1N2c1ccc2ccccc2c1. The van der Waals surface area contributed by atoms with Crippen molar-refractivity contribution in [3.05, 3.63) is 204 Å². The number of anilines is 4. The van der Waals surface area contributed by atoms with E-state index in [1.54, 1.807) is 0 Å². The molecule has 6 aromatic carbocycles. The Bertz CT molecular complexity index is 2320. The smallest absolute Gasteiger partial charge is 0.0635 e. The molecule has 0 amide bonds. The van der Waals surface area contributed by atoms with Crippen LogP contribution in [-0.4, -0.2) is 12.1 Å². The summed E-state index contributed by atoms with van der Waals surface area (Å²) in [4.78, 5) is 5.10. The molecule has 4 atom stereocenters. The van der Waals surface area contributed by atoms with Gasteiger partial charge in [0.1, 0.15) is 0 Å². The van der Waals surface area contributed by atoms with Crippen molar-refractivity contribution in [2.24, 2.45) is 0 Å². The highest BCUT2D eigenvalue weighted by molar-refractivity contribution is 5.88. The van der Waals surface area contributed by atoms with E-state index < -0.39 is 0 Å². The summed E-state index contributed by atoms with van der Waals surface area (Å²) in [5.74, 6) is 0.622. The Morgan fingerprint density at radius 2 is 0.896 bits per heavy atom. The van der Waals surface area contributed by atoms with Crippen LogP contribution in [0.1, 0.15) is 23.0 Å². The standard InChI is InChI=1S/C46H34N2/c1-2-10-31(11-3-1)33-18-23-37(24-19-33)47-43-16-8-6-14-39(43)41-26-21-35(29-45(41)47)36-22-27-42-40-15-7-9-17-44(40)48(46(42)30-36)38-25-20-32-12-4-5-13-34(32)28-38/h1-30,41-42,45-46H. The predicted octanol–water partition coefficient (Wildman–Crippen LogP) is 11.4. The summed E-state index contributed by atoms with van der Waals surface area (Å²) < 4.78 is 0. The fourth-order valence-electron chi connectivity index (χ4n) is 8.45. The van der Waals surface area contributed by atoms with Crippen LogP contribution < -0.4 is 9.80 Å². The maximum atomic E-state index is 2.55. The number of hydrogen-bond donors (Lipinski definition) is 0. The van der Waals surface area contributed by atoms with Gasteiger partial charge in [-0.1, -0.05) is 146 Å². The lowest BCUT2D eigenvalue weighted by Gasteiger charge is -2.32. The maximum absolute atomic E-state index is 2.55. The van der Waals surface area contributed by atoms with Gasteiger partial charge in [0.05, 0.1) is 12.1 Å². The summed E-state index contributed by atoms with van der Waals surface area (Å²) in [6.07, 6.45) is 14.6. The average Bonchev–Trinajstić information content (AvgIpc) is 3.67. The van der Waals surface area contributed by atoms with Crippen molar-refractivity contribution in [3.63, 3.8) is 0 Å². The van der Waals surface area contributed by atoms with Crippen LogP contribution in [0.25, 0.3) is 21.9 Å². The maximum Gasteiger partial charge on any atom is 0.0635 e. The summed E-state index contributed by atoms with van der Waals surface area (Å²) in [6.45, 7) is 0. The predicted molar refractivity (Wildman–Crippen MR) is 200 cm³/mol. The topological polar surface area (TPSA) is 6.48 Å². The highest BCUT2D eigenvalue weighted by Gasteiger charge is 2.41. The summed E-state index contributed by atoms with van der Waals surface area (Å²) in [5, 5.41) is 2.54. The quantitative estimate of drug-likeness (QED) is 0.195. The van der Waals surface area contributed by atoms with Gasteiger partial charge in [-0.15, -0.1) is 0 Å². The third kappa shape index (κ3) is 4.26. The largest absolute Gasteiger partial charge is 0.333 e. The fourth-order valence-corrected chi connectivity index (χ4v) is 8.45. The second-order valence-corrected chi connectivity index (χ2v) is 13.3. The molecule has 0 bridgehead atoms. The first kappa shape index (κ1) is 27.3. The Morgan fingerprint density at radius 3 is 1.54 bits per heavy atom. The van der Waals surface area contributed by atoms with Crippen LogP contribution in [0.2, 0.25) is 0 Å². The van der Waals surface area contributed by atoms with Crippen LogP contribution in [0.5, 0.6) is 0 Å². The molecule has 2 heteroatoms. The molecule has 0 saturated carbocycles. The third-order valence-corrected chi connectivity index (χ3v) is 10.7. The van der Waals surface area contributed by atoms with E-state index >= 15 is 0 Å². The molecule has 4 aliphatic rings. The van der Waals surface area contributed by atoms with Crippen LogP contribution in [-0.2, 0) is 0 Å². The molecular formula is C46H34N2. The summed E-state index contributed by atoms with van der Waals surface area (Å²) >= 11 is 0. The molecule has 0 spiro atoms. The molecule has 0 radical (unpaired) electrons. The Hall–Kier alpha value is -5.86. The van der Waals surface area contributed by atoms with Gasteiger partial charge in [-0.05, 0) is 80.6 Å². The summed E-state index contributed by atoms with van der Waals surface area (Å²) in [6, 6.07) is 53.6. The molecule has 6 aromatic rings. The van der Waals surface area contributed by atoms with Crippen molar-refractivity contribution >= 4 is 33.5 Å². The highest BCUT2D eigenvalue weighted by atomic mass is 15.2. The number of nitrogens with zero attached hydrogens (tertiary/aromatic N) is 2. The van der Waals surface area contributed by atoms with E-state index in [2.05, 4.69) is 192 Å². The summed E-state index contributed by atoms with van der Waals surface area (Å²) in [5.41, 5.74) is 12.9. The van der Waals surface area contributed by atoms with E-state index in [9.17, 15) is 0 Å². The van der Waals surface area contributed by atoms with E-state index in [0.29, 0.717) is 11.8 Å². The van der Waals surface area contributed by atoms with Crippen molar-refractivity contribution in [3.8, 4) is 11.1 Å². The number of rotatable bonds is 4. The minimum Gasteiger partial charge on any atom is -0.333 e. The van der Waals surface area contributed by atoms with E-state index in [4.69, 9.17) is 0 Å². The van der Waals surface area contributed by atoms with E-state index in [-0.39, 0.29) is 12.1 Å². The summed E-state index contributed by atoms with van der Waals surface area (Å²) in [7, 11) is 0. The van der Waals surface area contributed by atoms with Gasteiger partial charge < -0.3 is 9.80 Å². The van der Waals surface area contributed by atoms with Crippen molar-refractivity contribution in [2.75, 3.05) is 9.80 Å². The Kier molecular flexibility index (Phi) is 6.17. The lowest BCUT2D eigenvalue weighted by Crippen LogP contribution is -2.31. The first-order valence-corrected chi connectivity index (χ1v) is 17.0. The van der Waals surface area contributed by atoms with Crippen molar-refractivity contribution in [2.45, 2.75) is 23.9 Å². The molecular weight excluding hydrogens is 581 g/mol. The molecule has 2 heterocycles. The van der Waals surface area contributed by atoms with Crippen LogP contribution in [0.15, 0.2) is 193 Å². The lowest BCUT2D eigenvalue weighted by molar-refractivity contribution is 0.729. The number of allylic oxidation sites excluding steroid dienone is 4. The first-order chi connectivity index (χ1) is 23.8. The first-order valence-electron chi connectivity index (χ1n) is 17.0. The average molecular weight is 615 g/mol. The zero-order chi connectivity index (χ0) is 31.6. The van der Waals surface area contributed by atoms with Crippen LogP contribution in [0.4, 0.5) is 22.7 Å². The second kappa shape index (κ2) is 10.9. The van der Waals surface area contributed by atoms with Crippen LogP contribution in [0.3, 0.4) is 0 Å². The highest BCUT2D eigenvalue weighted by Crippen LogP contribution is 2.51. The van der Waals surface area contributed by atoms with Gasteiger partial charge in [-0.3, -0.25) is 0 Å². The zero-order valence-electron chi connectivity index (χ0n) is 26.5. The van der Waals surface area contributed by atoms with Crippen molar-refractivity contribution in [1.29, 1.82) is 0 Å². The number of benzene rings is 6. The van der Waals surface area contributed by atoms with Crippen molar-refractivity contribution < 1.29 is 0 Å². The van der Waals surface area contributed by atoms with Gasteiger partial charge in [0, 0.05) is 34.6 Å². The molecule has 2 aliphatic carbocycles. The lowest BCUT2D eigenvalue weighted by atomic mass is 9.82. The molecule has 2 aliphatic heterocycles. The van der Waals surface area contributed by atoms with Crippen LogP contribution in [0, 0.1) is 0 Å². The molecule has 2 nitrogen and oxygen atoms in total. The minimum absolute atomic E-state index is 0.203. The minimum atomic E-state index is 0.203. The Morgan fingerprint density at radius 1 is 0.396 bits per heavy atom. The molecule has 10 rings (SSSR count). The van der Waals surface area contributed by atoms with Gasteiger partial charge in [0.2, 0.25) is 0 Å². The molecule has 0 aromatic heterocycles. The normalized spacial score (nSPS) is 21.8. The van der Waals surface area contributed by atoms with Gasteiger partial charge in [-0.2, -0.15) is 0 Å². The molecule has 4 unspecified atom stereocenters.